The van der Waals surface area contributed by atoms with Gasteiger partial charge in [-0.25, -0.2) is 4.98 Å². The number of thiazole rings is 1. The molecule has 2 aliphatic heterocycles. The summed E-state index contributed by atoms with van der Waals surface area (Å²) in [5, 5.41) is 16.3. The average Bonchev–Trinajstić information content (AvgIpc) is 3.50. The molecule has 2 aromatic rings. The lowest BCUT2D eigenvalue weighted by Gasteiger charge is -2.36. The molecule has 3 heterocycles. The van der Waals surface area contributed by atoms with E-state index in [0.717, 1.165) is 21.7 Å². The van der Waals surface area contributed by atoms with Crippen molar-refractivity contribution in [1.29, 1.82) is 0 Å². The topological polar surface area (TPSA) is 121 Å². The quantitative estimate of drug-likeness (QED) is 0.495. The van der Waals surface area contributed by atoms with Gasteiger partial charge in [0, 0.05) is 38.6 Å². The van der Waals surface area contributed by atoms with Gasteiger partial charge in [-0.3, -0.25) is 14.4 Å². The molecule has 38 heavy (non-hydrogen) atoms. The number of aromatic nitrogens is 1. The molecule has 9 nitrogen and oxygen atoms in total. The van der Waals surface area contributed by atoms with Gasteiger partial charge in [0.25, 0.3) is 0 Å². The predicted octanol–water partition coefficient (Wildman–Crippen LogP) is 2.65. The summed E-state index contributed by atoms with van der Waals surface area (Å²) in [6, 6.07) is 6.31. The molecular weight excluding hydrogens is 504 g/mol. The number of carbonyl (C=O) groups is 3. The van der Waals surface area contributed by atoms with Gasteiger partial charge in [-0.15, -0.1) is 11.3 Å². The van der Waals surface area contributed by atoms with Crippen molar-refractivity contribution >= 4 is 29.1 Å². The Bertz CT molecular complexity index is 1140. The molecule has 0 aliphatic carbocycles. The first kappa shape index (κ1) is 28.2. The van der Waals surface area contributed by atoms with Crippen LogP contribution >= 0.6 is 11.3 Å². The number of nitrogens with zero attached hydrogens (tertiary/aromatic N) is 2. The molecular formula is C28H38N4O5S. The number of benzene rings is 1. The second-order valence-electron chi connectivity index (χ2n) is 11.3. The van der Waals surface area contributed by atoms with E-state index in [1.165, 1.54) is 4.90 Å². The zero-order valence-electron chi connectivity index (χ0n) is 22.5. The molecule has 2 fully saturated rings. The summed E-state index contributed by atoms with van der Waals surface area (Å²) in [6.07, 6.45) is 0.597. The Kier molecular flexibility index (Phi) is 8.85. The largest absolute Gasteiger partial charge is 0.391 e. The van der Waals surface area contributed by atoms with E-state index in [0.29, 0.717) is 32.6 Å². The number of aliphatic hydroxyl groups is 1. The van der Waals surface area contributed by atoms with Crippen LogP contribution in [-0.4, -0.2) is 70.7 Å². The van der Waals surface area contributed by atoms with Gasteiger partial charge >= 0.3 is 0 Å². The highest BCUT2D eigenvalue weighted by Crippen LogP contribution is 2.28. The van der Waals surface area contributed by atoms with Gasteiger partial charge in [-0.1, -0.05) is 45.0 Å². The average molecular weight is 543 g/mol. The summed E-state index contributed by atoms with van der Waals surface area (Å²) in [7, 11) is 0. The maximum absolute atomic E-state index is 13.7. The van der Waals surface area contributed by atoms with Crippen molar-refractivity contribution in [3.05, 3.63) is 41.0 Å². The van der Waals surface area contributed by atoms with E-state index in [9.17, 15) is 19.5 Å². The Balaban J connectivity index is 1.41. The number of hydrogen-bond acceptors (Lipinski definition) is 7. The van der Waals surface area contributed by atoms with Crippen LogP contribution in [0, 0.1) is 18.3 Å². The van der Waals surface area contributed by atoms with Crippen molar-refractivity contribution in [2.24, 2.45) is 11.3 Å². The Morgan fingerprint density at radius 3 is 2.45 bits per heavy atom. The number of nitrogens with one attached hydrogen (secondary N) is 2. The highest BCUT2D eigenvalue weighted by Gasteiger charge is 2.44. The van der Waals surface area contributed by atoms with Gasteiger partial charge in [-0.2, -0.15) is 0 Å². The lowest BCUT2D eigenvalue weighted by atomic mass is 9.84. The zero-order chi connectivity index (χ0) is 27.4. The Morgan fingerprint density at radius 2 is 1.84 bits per heavy atom. The number of rotatable bonds is 7. The molecule has 10 heteroatoms. The Morgan fingerprint density at radius 1 is 1.16 bits per heavy atom. The van der Waals surface area contributed by atoms with Crippen molar-refractivity contribution in [3.8, 4) is 10.4 Å². The van der Waals surface area contributed by atoms with E-state index in [4.69, 9.17) is 4.74 Å². The number of aryl methyl sites for hydroxylation is 1. The number of likely N-dealkylation sites (tertiary alicyclic amines) is 1. The van der Waals surface area contributed by atoms with Crippen molar-refractivity contribution in [2.45, 2.75) is 71.7 Å². The Labute approximate surface area is 228 Å². The summed E-state index contributed by atoms with van der Waals surface area (Å²) in [5.41, 5.74) is 4.23. The van der Waals surface area contributed by atoms with Crippen LogP contribution in [0.25, 0.3) is 10.4 Å². The van der Waals surface area contributed by atoms with E-state index < -0.39 is 23.6 Å². The number of β-amino-alcohol motifs (C(OH)–C–C–N with tert-alkyl or cyclic N) is 1. The highest BCUT2D eigenvalue weighted by atomic mass is 32.1. The van der Waals surface area contributed by atoms with Crippen LogP contribution in [0.2, 0.25) is 0 Å². The molecule has 3 atom stereocenters. The lowest BCUT2D eigenvalue weighted by Crippen LogP contribution is -2.58. The minimum absolute atomic E-state index is 0.0551. The maximum Gasteiger partial charge on any atom is 0.246 e. The van der Waals surface area contributed by atoms with Gasteiger partial charge in [-0.05, 0) is 36.3 Å². The molecule has 0 saturated carbocycles. The molecule has 1 aromatic carbocycles. The van der Waals surface area contributed by atoms with Crippen LogP contribution in [-0.2, 0) is 25.7 Å². The van der Waals surface area contributed by atoms with Crippen molar-refractivity contribution in [3.63, 3.8) is 0 Å². The molecule has 1 aromatic heterocycles. The molecule has 206 valence electrons. The summed E-state index contributed by atoms with van der Waals surface area (Å²) in [5.74, 6) is -1.03. The van der Waals surface area contributed by atoms with Gasteiger partial charge in [0.15, 0.2) is 0 Å². The second kappa shape index (κ2) is 11.9. The third-order valence-corrected chi connectivity index (χ3v) is 8.26. The monoisotopic (exact) mass is 542 g/mol. The summed E-state index contributed by atoms with van der Waals surface area (Å²) in [4.78, 5) is 46.7. The minimum atomic E-state index is -0.818. The van der Waals surface area contributed by atoms with Crippen molar-refractivity contribution < 1.29 is 24.2 Å². The molecule has 0 spiro atoms. The van der Waals surface area contributed by atoms with Crippen molar-refractivity contribution in [1.82, 2.24) is 20.5 Å². The lowest BCUT2D eigenvalue weighted by molar-refractivity contribution is -0.145. The van der Waals surface area contributed by atoms with E-state index in [-0.39, 0.29) is 36.6 Å². The first-order chi connectivity index (χ1) is 18.0. The fourth-order valence-corrected chi connectivity index (χ4v) is 5.81. The van der Waals surface area contributed by atoms with Crippen molar-refractivity contribution in [2.75, 3.05) is 19.8 Å². The van der Waals surface area contributed by atoms with Crippen LogP contribution in [0.3, 0.4) is 0 Å². The highest BCUT2D eigenvalue weighted by molar-refractivity contribution is 7.13. The molecule has 4 rings (SSSR count). The summed E-state index contributed by atoms with van der Waals surface area (Å²) < 4.78 is 5.36. The minimum Gasteiger partial charge on any atom is -0.391 e. The molecule has 0 radical (unpaired) electrons. The van der Waals surface area contributed by atoms with E-state index in [1.807, 2.05) is 57.5 Å². The second-order valence-corrected chi connectivity index (χ2v) is 12.1. The van der Waals surface area contributed by atoms with E-state index in [1.54, 1.807) is 11.3 Å². The van der Waals surface area contributed by atoms with Gasteiger partial charge in [0.05, 0.1) is 22.2 Å². The summed E-state index contributed by atoms with van der Waals surface area (Å²) >= 11 is 1.59. The molecule has 3 N–H and O–H groups in total. The van der Waals surface area contributed by atoms with Crippen LogP contribution in [0.15, 0.2) is 29.8 Å². The number of ether oxygens (including phenoxy) is 1. The maximum atomic E-state index is 13.7. The van der Waals surface area contributed by atoms with Crippen LogP contribution < -0.4 is 10.6 Å². The first-order valence-corrected chi connectivity index (χ1v) is 14.1. The SMILES string of the molecule is Cc1ncsc1-c1ccc(CNC(=O)C2CC(O)CN2C(=O)[C@@H](NC(=O)C2CCOCC2)C(C)(C)C)cc1. The molecule has 2 saturated heterocycles. The van der Waals surface area contributed by atoms with Gasteiger partial charge in [0.1, 0.15) is 12.1 Å². The normalized spacial score (nSPS) is 21.2. The predicted molar refractivity (Wildman–Crippen MR) is 145 cm³/mol. The van der Waals surface area contributed by atoms with Crippen LogP contribution in [0.5, 0.6) is 0 Å². The molecule has 3 amide bonds. The number of amides is 3. The van der Waals surface area contributed by atoms with Crippen LogP contribution in [0.1, 0.15) is 51.3 Å². The molecule has 2 aliphatic rings. The van der Waals surface area contributed by atoms with Gasteiger partial charge in [0.2, 0.25) is 17.7 Å². The Hall–Kier alpha value is -2.82. The third kappa shape index (κ3) is 6.59. The third-order valence-electron chi connectivity index (χ3n) is 7.28. The van der Waals surface area contributed by atoms with Gasteiger partial charge < -0.3 is 25.4 Å². The van der Waals surface area contributed by atoms with Crippen LogP contribution in [0.4, 0.5) is 0 Å². The number of carbonyl (C=O) groups excluding carboxylic acids is 3. The van der Waals surface area contributed by atoms with E-state index in [2.05, 4.69) is 15.6 Å². The molecule has 2 unspecified atom stereocenters. The van der Waals surface area contributed by atoms with E-state index >= 15 is 0 Å². The fourth-order valence-electron chi connectivity index (χ4n) is 5.00. The number of hydrogen-bond donors (Lipinski definition) is 3. The zero-order valence-corrected chi connectivity index (χ0v) is 23.3. The molecule has 0 bridgehead atoms. The fraction of sp³-hybridized carbons (Fsp3) is 0.571. The summed E-state index contributed by atoms with van der Waals surface area (Å²) in [6.45, 7) is 9.05. The standard InChI is InChI=1S/C28H38N4O5S/c1-17-23(38-16-30-17)19-7-5-18(6-8-19)14-29-26(35)22-13-21(33)15-32(22)27(36)24(28(2,3)4)31-25(34)20-9-11-37-12-10-20/h5-8,16,20-22,24,33H,9-15H2,1-4H3,(H,29,35)(H,31,34)/t21?,22?,24-/m1/s1. The smallest absolute Gasteiger partial charge is 0.246 e. The first-order valence-electron chi connectivity index (χ1n) is 13.2. The number of aliphatic hydroxyl groups excluding tert-OH is 1.